The van der Waals surface area contributed by atoms with E-state index in [1.165, 1.54) is 40.5 Å². The van der Waals surface area contributed by atoms with Gasteiger partial charge in [-0.2, -0.15) is 0 Å². The first-order valence-corrected chi connectivity index (χ1v) is 10.7. The minimum absolute atomic E-state index is 0.0399. The van der Waals surface area contributed by atoms with Crippen LogP contribution >= 0.6 is 11.3 Å². The maximum atomic E-state index is 13.2. The summed E-state index contributed by atoms with van der Waals surface area (Å²) >= 11 is 1.20. The number of ether oxygens (including phenoxy) is 1. The number of nitrogens with zero attached hydrogens (tertiary/aromatic N) is 1. The van der Waals surface area contributed by atoms with Gasteiger partial charge in [-0.15, -0.1) is 11.3 Å². The van der Waals surface area contributed by atoms with Crippen LogP contribution in [0.25, 0.3) is 0 Å². The molecule has 1 aromatic heterocycles. The van der Waals surface area contributed by atoms with Crippen molar-refractivity contribution in [2.75, 3.05) is 11.5 Å². The first-order valence-electron chi connectivity index (χ1n) is 9.83. The summed E-state index contributed by atoms with van der Waals surface area (Å²) in [5, 5.41) is 22.4. The summed E-state index contributed by atoms with van der Waals surface area (Å²) < 4.78 is 4.99. The molecule has 0 bridgehead atoms. The van der Waals surface area contributed by atoms with E-state index >= 15 is 0 Å². The number of esters is 1. The minimum Gasteiger partial charge on any atom is -0.508 e. The van der Waals surface area contributed by atoms with E-state index in [-0.39, 0.29) is 17.9 Å². The molecule has 1 atom stereocenters. The molecule has 32 heavy (non-hydrogen) atoms. The van der Waals surface area contributed by atoms with Crippen LogP contribution in [0.5, 0.6) is 5.75 Å². The zero-order valence-corrected chi connectivity index (χ0v) is 17.8. The van der Waals surface area contributed by atoms with Crippen LogP contribution < -0.4 is 4.90 Å². The highest BCUT2D eigenvalue weighted by Crippen LogP contribution is 2.42. The van der Waals surface area contributed by atoms with Crippen molar-refractivity contribution in [2.24, 2.45) is 0 Å². The molecule has 0 spiro atoms. The number of anilines is 1. The van der Waals surface area contributed by atoms with Gasteiger partial charge >= 0.3 is 5.97 Å². The van der Waals surface area contributed by atoms with E-state index in [0.29, 0.717) is 21.7 Å². The van der Waals surface area contributed by atoms with Gasteiger partial charge < -0.3 is 14.9 Å². The second kappa shape index (κ2) is 8.68. The molecule has 162 valence electrons. The van der Waals surface area contributed by atoms with E-state index in [0.717, 1.165) is 0 Å². The summed E-state index contributed by atoms with van der Waals surface area (Å²) in [6.07, 6.45) is 0. The molecule has 1 aliphatic heterocycles. The van der Waals surface area contributed by atoms with Gasteiger partial charge in [-0.3, -0.25) is 14.5 Å². The highest BCUT2D eigenvalue weighted by molar-refractivity contribution is 7.12. The number of phenols is 1. The Morgan fingerprint density at radius 2 is 1.81 bits per heavy atom. The number of hydrogen-bond donors (Lipinski definition) is 2. The van der Waals surface area contributed by atoms with Crippen molar-refractivity contribution in [3.63, 3.8) is 0 Å². The van der Waals surface area contributed by atoms with Gasteiger partial charge in [0.1, 0.15) is 5.75 Å². The van der Waals surface area contributed by atoms with Crippen LogP contribution in [-0.2, 0) is 9.53 Å². The van der Waals surface area contributed by atoms with Crippen molar-refractivity contribution in [1.82, 2.24) is 0 Å². The lowest BCUT2D eigenvalue weighted by molar-refractivity contribution is -0.117. The van der Waals surface area contributed by atoms with E-state index < -0.39 is 29.5 Å². The van der Waals surface area contributed by atoms with Gasteiger partial charge in [-0.05, 0) is 60.3 Å². The number of Topliss-reactive ketones (excluding diaryl/α,β-unsaturated/α-hetero) is 1. The van der Waals surface area contributed by atoms with E-state index in [4.69, 9.17) is 4.74 Å². The molecule has 2 heterocycles. The lowest BCUT2D eigenvalue weighted by atomic mass is 9.95. The highest BCUT2D eigenvalue weighted by atomic mass is 32.1. The fraction of sp³-hybridized carbons (Fsp3) is 0.125. The molecule has 0 fully saturated rings. The quantitative estimate of drug-likeness (QED) is 0.427. The average Bonchev–Trinajstić information content (AvgIpc) is 3.41. The van der Waals surface area contributed by atoms with Crippen LogP contribution in [0.3, 0.4) is 0 Å². The zero-order valence-electron chi connectivity index (χ0n) is 17.0. The number of aliphatic hydroxyl groups is 1. The number of aromatic hydroxyl groups is 1. The van der Waals surface area contributed by atoms with E-state index in [1.807, 2.05) is 0 Å². The Balaban J connectivity index is 1.80. The molecule has 7 nitrogen and oxygen atoms in total. The number of phenolic OH excluding ortho intramolecular Hbond substituents is 1. The number of ketones is 1. The Kier molecular flexibility index (Phi) is 5.79. The van der Waals surface area contributed by atoms with Crippen molar-refractivity contribution in [3.05, 3.63) is 93.4 Å². The van der Waals surface area contributed by atoms with Crippen LogP contribution in [0.4, 0.5) is 5.69 Å². The molecule has 8 heteroatoms. The normalized spacial score (nSPS) is 15.8. The van der Waals surface area contributed by atoms with Gasteiger partial charge in [0.15, 0.2) is 5.76 Å². The maximum absolute atomic E-state index is 13.2. The predicted octanol–water partition coefficient (Wildman–Crippen LogP) is 4.41. The Labute approximate surface area is 187 Å². The number of thiophene rings is 1. The minimum atomic E-state index is -0.961. The summed E-state index contributed by atoms with van der Waals surface area (Å²) in [4.78, 5) is 39.9. The zero-order chi connectivity index (χ0) is 22.8. The SMILES string of the molecule is CCOC(=O)c1ccc(N2C(=O)C(O)=C(C(=O)c3cccs3)C2c2cccc(O)c2)cc1. The Hall–Kier alpha value is -3.91. The monoisotopic (exact) mass is 449 g/mol. The fourth-order valence-corrected chi connectivity index (χ4v) is 4.30. The van der Waals surface area contributed by atoms with Crippen LogP contribution in [0.15, 0.2) is 77.4 Å². The number of carbonyl (C=O) groups excluding carboxylic acids is 3. The number of benzene rings is 2. The summed E-state index contributed by atoms with van der Waals surface area (Å²) in [5.74, 6) is -2.40. The number of rotatable bonds is 6. The van der Waals surface area contributed by atoms with Crippen LogP contribution in [0.1, 0.15) is 38.6 Å². The Morgan fingerprint density at radius 1 is 1.06 bits per heavy atom. The molecule has 0 aliphatic carbocycles. The topological polar surface area (TPSA) is 104 Å². The maximum Gasteiger partial charge on any atom is 0.338 e. The standard InChI is InChI=1S/C24H19NO6S/c1-2-31-24(30)14-8-10-16(11-9-14)25-20(15-5-3-6-17(26)13-15)19(22(28)23(25)29)21(27)18-7-4-12-32-18/h3-13,20,26,28H,2H2,1H3. The van der Waals surface area contributed by atoms with E-state index in [2.05, 4.69) is 0 Å². The lowest BCUT2D eigenvalue weighted by Crippen LogP contribution is -2.31. The summed E-state index contributed by atoms with van der Waals surface area (Å²) in [6, 6.07) is 14.7. The van der Waals surface area contributed by atoms with Gasteiger partial charge in [0.25, 0.3) is 5.91 Å². The number of carbonyl (C=O) groups is 3. The molecule has 1 aliphatic rings. The van der Waals surface area contributed by atoms with Gasteiger partial charge in [0.2, 0.25) is 5.78 Å². The fourth-order valence-electron chi connectivity index (χ4n) is 3.63. The molecule has 0 saturated carbocycles. The number of hydrogen-bond acceptors (Lipinski definition) is 7. The first kappa shape index (κ1) is 21.3. The van der Waals surface area contributed by atoms with Crippen molar-refractivity contribution in [3.8, 4) is 5.75 Å². The van der Waals surface area contributed by atoms with Crippen molar-refractivity contribution >= 4 is 34.7 Å². The summed E-state index contributed by atoms with van der Waals surface area (Å²) in [6.45, 7) is 1.94. The Morgan fingerprint density at radius 3 is 2.44 bits per heavy atom. The van der Waals surface area contributed by atoms with E-state index in [9.17, 15) is 24.6 Å². The molecule has 3 aromatic rings. The Bertz CT molecular complexity index is 1210. The first-order chi connectivity index (χ1) is 15.4. The van der Waals surface area contributed by atoms with Gasteiger partial charge in [-0.1, -0.05) is 18.2 Å². The van der Waals surface area contributed by atoms with Crippen LogP contribution in [0.2, 0.25) is 0 Å². The number of amides is 1. The second-order valence-corrected chi connectivity index (χ2v) is 7.96. The highest BCUT2D eigenvalue weighted by Gasteiger charge is 2.45. The average molecular weight is 449 g/mol. The molecule has 1 unspecified atom stereocenters. The second-order valence-electron chi connectivity index (χ2n) is 7.01. The van der Waals surface area contributed by atoms with Crippen LogP contribution in [0, 0.1) is 0 Å². The largest absolute Gasteiger partial charge is 0.508 e. The van der Waals surface area contributed by atoms with Gasteiger partial charge in [0, 0.05) is 5.69 Å². The molecule has 2 N–H and O–H groups in total. The van der Waals surface area contributed by atoms with Gasteiger partial charge in [0.05, 0.1) is 28.7 Å². The third kappa shape index (κ3) is 3.76. The third-order valence-corrected chi connectivity index (χ3v) is 5.91. The molecular weight excluding hydrogens is 430 g/mol. The molecule has 1 amide bonds. The van der Waals surface area contributed by atoms with Crippen LogP contribution in [-0.4, -0.2) is 34.5 Å². The molecule has 4 rings (SSSR count). The summed E-state index contributed by atoms with van der Waals surface area (Å²) in [5.41, 5.74) is 1.06. The van der Waals surface area contributed by atoms with E-state index in [1.54, 1.807) is 48.7 Å². The van der Waals surface area contributed by atoms with Crippen molar-refractivity contribution in [2.45, 2.75) is 13.0 Å². The number of aliphatic hydroxyl groups excluding tert-OH is 1. The predicted molar refractivity (Wildman–Crippen MR) is 119 cm³/mol. The molecule has 2 aromatic carbocycles. The van der Waals surface area contributed by atoms with Crippen molar-refractivity contribution in [1.29, 1.82) is 0 Å². The summed E-state index contributed by atoms with van der Waals surface area (Å²) in [7, 11) is 0. The van der Waals surface area contributed by atoms with Crippen molar-refractivity contribution < 1.29 is 29.3 Å². The third-order valence-electron chi connectivity index (χ3n) is 5.04. The molecule has 0 radical (unpaired) electrons. The lowest BCUT2D eigenvalue weighted by Gasteiger charge is -2.27. The molecular formula is C24H19NO6S. The van der Waals surface area contributed by atoms with Gasteiger partial charge in [-0.25, -0.2) is 4.79 Å². The molecule has 0 saturated heterocycles. The smallest absolute Gasteiger partial charge is 0.338 e.